The Kier molecular flexibility index (Phi) is 9.21. The molecule has 2 heterocycles. The molecule has 0 saturated heterocycles. The molecule has 0 bridgehead atoms. The van der Waals surface area contributed by atoms with Gasteiger partial charge >= 0.3 is 0 Å². The number of nitrogens with one attached hydrogen (secondary N) is 3. The lowest BCUT2D eigenvalue weighted by atomic mass is 10.2. The van der Waals surface area contributed by atoms with Gasteiger partial charge in [0, 0.05) is 43.2 Å². The van der Waals surface area contributed by atoms with Crippen molar-refractivity contribution in [1.82, 2.24) is 25.8 Å². The number of aromatic nitrogens is 3. The molecule has 0 aliphatic carbocycles. The van der Waals surface area contributed by atoms with Crippen LogP contribution < -0.4 is 20.1 Å². The molecule has 3 N–H and O–H groups in total. The molecule has 1 aromatic carbocycles. The van der Waals surface area contributed by atoms with Gasteiger partial charge in [-0.15, -0.1) is 24.0 Å². The summed E-state index contributed by atoms with van der Waals surface area (Å²) in [5.74, 6) is 3.42. The molecule has 0 aliphatic rings. The highest BCUT2D eigenvalue weighted by molar-refractivity contribution is 14.0. The van der Waals surface area contributed by atoms with E-state index in [2.05, 4.69) is 36.8 Å². The number of nitrogens with zero attached hydrogens (tertiary/aromatic N) is 3. The maximum Gasteiger partial charge on any atom is 0.223 e. The molecule has 0 radical (unpaired) electrons. The second kappa shape index (κ2) is 11.6. The molecule has 3 rings (SSSR count). The van der Waals surface area contributed by atoms with E-state index in [1.165, 1.54) is 0 Å². The van der Waals surface area contributed by atoms with E-state index in [9.17, 15) is 0 Å². The molecular formula is C20H29IN6O3. The highest BCUT2D eigenvalue weighted by Crippen LogP contribution is 2.31. The fourth-order valence-electron chi connectivity index (χ4n) is 3.04. The molecule has 0 aliphatic heterocycles. The number of hydrogen-bond donors (Lipinski definition) is 3. The number of hydrogen-bond acceptors (Lipinski definition) is 6. The average molecular weight is 528 g/mol. The van der Waals surface area contributed by atoms with Crippen molar-refractivity contribution in [3.63, 3.8) is 0 Å². The number of ether oxygens (including phenoxy) is 2. The summed E-state index contributed by atoms with van der Waals surface area (Å²) in [6.07, 6.45) is 1.84. The third-order valence-electron chi connectivity index (χ3n) is 4.39. The van der Waals surface area contributed by atoms with Crippen LogP contribution in [0.5, 0.6) is 11.5 Å². The lowest BCUT2D eigenvalue weighted by molar-refractivity contribution is 0.387. The first-order chi connectivity index (χ1) is 14.1. The predicted octanol–water partition coefficient (Wildman–Crippen LogP) is 3.18. The summed E-state index contributed by atoms with van der Waals surface area (Å²) in [5.41, 5.74) is 2.16. The number of rotatable bonds is 9. The number of halogens is 1. The first-order valence-electron chi connectivity index (χ1n) is 9.68. The van der Waals surface area contributed by atoms with Crippen LogP contribution in [0.3, 0.4) is 0 Å². The predicted molar refractivity (Wildman–Crippen MR) is 127 cm³/mol. The summed E-state index contributed by atoms with van der Waals surface area (Å²) < 4.78 is 15.8. The molecule has 10 heteroatoms. The van der Waals surface area contributed by atoms with Crippen LogP contribution in [0.4, 0.5) is 0 Å². The maximum absolute atomic E-state index is 5.48. The Bertz CT molecular complexity index is 969. The van der Waals surface area contributed by atoms with Crippen molar-refractivity contribution in [2.24, 2.45) is 4.99 Å². The van der Waals surface area contributed by atoms with Crippen LogP contribution >= 0.6 is 24.0 Å². The van der Waals surface area contributed by atoms with E-state index in [0.717, 1.165) is 60.0 Å². The van der Waals surface area contributed by atoms with Crippen LogP contribution in [0, 0.1) is 6.92 Å². The van der Waals surface area contributed by atoms with Gasteiger partial charge in [0.15, 0.2) is 11.8 Å². The van der Waals surface area contributed by atoms with E-state index in [1.807, 2.05) is 19.1 Å². The molecule has 30 heavy (non-hydrogen) atoms. The zero-order valence-corrected chi connectivity index (χ0v) is 20.1. The van der Waals surface area contributed by atoms with Crippen LogP contribution in [-0.4, -0.2) is 48.4 Å². The van der Waals surface area contributed by atoms with E-state index in [0.29, 0.717) is 18.3 Å². The van der Waals surface area contributed by atoms with Crippen molar-refractivity contribution in [1.29, 1.82) is 0 Å². The molecule has 0 amide bonds. The van der Waals surface area contributed by atoms with Crippen molar-refractivity contribution in [3.05, 3.63) is 35.6 Å². The van der Waals surface area contributed by atoms with Gasteiger partial charge in [-0.2, -0.15) is 4.98 Å². The second-order valence-electron chi connectivity index (χ2n) is 6.54. The van der Waals surface area contributed by atoms with Gasteiger partial charge in [0.1, 0.15) is 18.0 Å². The minimum atomic E-state index is 0. The minimum absolute atomic E-state index is 0. The molecule has 2 aromatic heterocycles. The molecule has 0 unspecified atom stereocenters. The number of aryl methyl sites for hydroxylation is 2. The Hall–Kier alpha value is -2.50. The first kappa shape index (κ1) is 23.8. The van der Waals surface area contributed by atoms with Gasteiger partial charge in [0.25, 0.3) is 0 Å². The monoisotopic (exact) mass is 528 g/mol. The number of aliphatic imine (C=N–C) groups is 1. The number of fused-ring (bicyclic) bond motifs is 1. The lowest BCUT2D eigenvalue weighted by Crippen LogP contribution is -2.37. The summed E-state index contributed by atoms with van der Waals surface area (Å²) in [7, 11) is 3.32. The van der Waals surface area contributed by atoms with Crippen molar-refractivity contribution >= 4 is 40.8 Å². The van der Waals surface area contributed by atoms with E-state index in [4.69, 9.17) is 14.0 Å². The van der Waals surface area contributed by atoms with Gasteiger partial charge in [-0.25, -0.2) is 4.99 Å². The van der Waals surface area contributed by atoms with Crippen molar-refractivity contribution in [3.8, 4) is 11.5 Å². The summed E-state index contributed by atoms with van der Waals surface area (Å²) in [4.78, 5) is 12.1. The van der Waals surface area contributed by atoms with Crippen molar-refractivity contribution in [2.45, 2.75) is 33.2 Å². The van der Waals surface area contributed by atoms with E-state index < -0.39 is 0 Å². The SMILES string of the molecule is CCNC(=NCc1noc(C)n1)NCCCc1cc2c(OC)cc(OC)cc2[nH]1.I. The van der Waals surface area contributed by atoms with Crippen molar-refractivity contribution in [2.75, 3.05) is 27.3 Å². The maximum atomic E-state index is 5.48. The highest BCUT2D eigenvalue weighted by Gasteiger charge is 2.09. The van der Waals surface area contributed by atoms with Gasteiger partial charge < -0.3 is 29.6 Å². The van der Waals surface area contributed by atoms with Crippen LogP contribution in [0.2, 0.25) is 0 Å². The Morgan fingerprint density at radius 1 is 1.20 bits per heavy atom. The number of benzene rings is 1. The third kappa shape index (κ3) is 6.25. The Morgan fingerprint density at radius 3 is 2.70 bits per heavy atom. The zero-order chi connectivity index (χ0) is 20.6. The summed E-state index contributed by atoms with van der Waals surface area (Å²) in [6.45, 7) is 5.73. The topological polar surface area (TPSA) is 110 Å². The smallest absolute Gasteiger partial charge is 0.223 e. The highest BCUT2D eigenvalue weighted by atomic mass is 127. The number of methoxy groups -OCH3 is 2. The van der Waals surface area contributed by atoms with Gasteiger partial charge in [-0.3, -0.25) is 0 Å². The first-order valence-corrected chi connectivity index (χ1v) is 9.68. The van der Waals surface area contributed by atoms with Crippen LogP contribution in [0.25, 0.3) is 10.9 Å². The molecule has 164 valence electrons. The van der Waals surface area contributed by atoms with Crippen LogP contribution in [0.15, 0.2) is 27.7 Å². The van der Waals surface area contributed by atoms with Crippen LogP contribution in [-0.2, 0) is 13.0 Å². The number of guanidine groups is 1. The Labute approximate surface area is 193 Å². The van der Waals surface area contributed by atoms with E-state index in [-0.39, 0.29) is 24.0 Å². The lowest BCUT2D eigenvalue weighted by Gasteiger charge is -2.10. The van der Waals surface area contributed by atoms with Gasteiger partial charge in [-0.05, 0) is 25.8 Å². The normalized spacial score (nSPS) is 11.3. The number of H-pyrrole nitrogens is 1. The van der Waals surface area contributed by atoms with Crippen LogP contribution in [0.1, 0.15) is 30.8 Å². The summed E-state index contributed by atoms with van der Waals surface area (Å²) in [5, 5.41) is 11.5. The summed E-state index contributed by atoms with van der Waals surface area (Å²) in [6, 6.07) is 6.01. The Morgan fingerprint density at radius 2 is 2.03 bits per heavy atom. The molecule has 3 aromatic rings. The second-order valence-corrected chi connectivity index (χ2v) is 6.54. The summed E-state index contributed by atoms with van der Waals surface area (Å²) >= 11 is 0. The molecule has 9 nitrogen and oxygen atoms in total. The fourth-order valence-corrected chi connectivity index (χ4v) is 3.04. The minimum Gasteiger partial charge on any atom is -0.497 e. The molecule has 0 saturated carbocycles. The van der Waals surface area contributed by atoms with Gasteiger partial charge in [-0.1, -0.05) is 5.16 Å². The number of aromatic amines is 1. The third-order valence-corrected chi connectivity index (χ3v) is 4.39. The van der Waals surface area contributed by atoms with Crippen molar-refractivity contribution < 1.29 is 14.0 Å². The molecule has 0 atom stereocenters. The molecular weight excluding hydrogens is 499 g/mol. The molecule has 0 spiro atoms. The Balaban J connectivity index is 0.00000320. The average Bonchev–Trinajstić information content (AvgIpc) is 3.33. The van der Waals surface area contributed by atoms with E-state index >= 15 is 0 Å². The fraction of sp³-hybridized carbons (Fsp3) is 0.450. The standard InChI is InChI=1S/C20H28N6O3.HI/c1-5-21-20(23-12-19-24-13(2)29-26-19)22-8-6-7-14-9-16-17(25-14)10-15(27-3)11-18(16)28-4;/h9-11,25H,5-8,12H2,1-4H3,(H2,21,22,23);1H. The van der Waals surface area contributed by atoms with Gasteiger partial charge in [0.05, 0.1) is 19.7 Å². The van der Waals surface area contributed by atoms with E-state index in [1.54, 1.807) is 21.1 Å². The largest absolute Gasteiger partial charge is 0.497 e. The molecule has 0 fully saturated rings. The quantitative estimate of drug-likeness (QED) is 0.169. The van der Waals surface area contributed by atoms with Gasteiger partial charge in [0.2, 0.25) is 5.89 Å². The zero-order valence-electron chi connectivity index (χ0n) is 17.7.